The number of nitrogens with zero attached hydrogens (tertiary/aromatic N) is 5. The first kappa shape index (κ1) is 24.8. The van der Waals surface area contributed by atoms with Crippen molar-refractivity contribution < 1.29 is 13.5 Å². The van der Waals surface area contributed by atoms with Crippen LogP contribution in [0.4, 0.5) is 19.7 Å². The van der Waals surface area contributed by atoms with Gasteiger partial charge in [-0.2, -0.15) is 9.97 Å². The normalized spacial score (nSPS) is 16.3. The Morgan fingerprint density at radius 1 is 1.11 bits per heavy atom. The number of benzene rings is 2. The van der Waals surface area contributed by atoms with E-state index in [1.165, 1.54) is 45.2 Å². The second-order valence-corrected chi connectivity index (χ2v) is 10.4. The summed E-state index contributed by atoms with van der Waals surface area (Å²) in [5.41, 5.74) is 12.3. The van der Waals surface area contributed by atoms with Crippen molar-refractivity contribution in [3.05, 3.63) is 34.9 Å². The van der Waals surface area contributed by atoms with Gasteiger partial charge in [-0.3, -0.25) is 0 Å². The highest BCUT2D eigenvalue weighted by Crippen LogP contribution is 2.42. The van der Waals surface area contributed by atoms with Gasteiger partial charge in [0.15, 0.2) is 10.9 Å². The summed E-state index contributed by atoms with van der Waals surface area (Å²) in [7, 11) is 3.58. The van der Waals surface area contributed by atoms with E-state index >= 15 is 4.39 Å². The van der Waals surface area contributed by atoms with Crippen molar-refractivity contribution in [1.29, 1.82) is 0 Å². The van der Waals surface area contributed by atoms with E-state index in [1.807, 2.05) is 4.90 Å². The van der Waals surface area contributed by atoms with Crippen LogP contribution in [0, 0.1) is 11.6 Å². The zero-order valence-electron chi connectivity index (χ0n) is 19.9. The van der Waals surface area contributed by atoms with E-state index < -0.39 is 11.6 Å². The van der Waals surface area contributed by atoms with Crippen LogP contribution in [0.15, 0.2) is 18.2 Å². The number of fused-ring (bicyclic) bond motifs is 2. The van der Waals surface area contributed by atoms with Gasteiger partial charge in [0.05, 0.1) is 22.3 Å². The topological polar surface area (TPSA) is 106 Å². The summed E-state index contributed by atoms with van der Waals surface area (Å²) >= 11 is 7.50. The molecular weight excluding hydrogens is 508 g/mol. The Kier molecular flexibility index (Phi) is 6.82. The summed E-state index contributed by atoms with van der Waals surface area (Å²) in [6.07, 6.45) is 2.83. The third-order valence-corrected chi connectivity index (χ3v) is 7.54. The van der Waals surface area contributed by atoms with Gasteiger partial charge >= 0.3 is 6.01 Å². The van der Waals surface area contributed by atoms with E-state index in [2.05, 4.69) is 26.9 Å². The van der Waals surface area contributed by atoms with Gasteiger partial charge in [0.1, 0.15) is 17.2 Å². The Morgan fingerprint density at radius 2 is 1.83 bits per heavy atom. The van der Waals surface area contributed by atoms with Crippen LogP contribution >= 0.6 is 22.9 Å². The molecule has 0 unspecified atom stereocenters. The average Bonchev–Trinajstić information content (AvgIpc) is 3.47. The van der Waals surface area contributed by atoms with E-state index in [0.717, 1.165) is 11.3 Å². The number of likely N-dealkylation sites (tertiary alicyclic amines) is 1. The predicted molar refractivity (Wildman–Crippen MR) is 141 cm³/mol. The van der Waals surface area contributed by atoms with E-state index in [1.54, 1.807) is 6.07 Å². The van der Waals surface area contributed by atoms with Gasteiger partial charge < -0.3 is 26.0 Å². The monoisotopic (exact) mass is 533 g/mol. The minimum Gasteiger partial charge on any atom is -0.467 e. The van der Waals surface area contributed by atoms with Gasteiger partial charge in [-0.05, 0) is 51.2 Å². The number of hydrogen-bond acceptors (Lipinski definition) is 9. The molecule has 4 heterocycles. The summed E-state index contributed by atoms with van der Waals surface area (Å²) < 4.78 is 35.4. The molecule has 2 aromatic heterocycles. The fourth-order valence-electron chi connectivity index (χ4n) is 4.49. The maximum atomic E-state index is 15.8. The first-order valence-corrected chi connectivity index (χ1v) is 12.7. The molecular formula is C24H26ClF2N7OS. The lowest BCUT2D eigenvalue weighted by atomic mass is 10.0. The lowest BCUT2D eigenvalue weighted by Gasteiger charge is -2.38. The summed E-state index contributed by atoms with van der Waals surface area (Å²) in [4.78, 5) is 17.0. The molecule has 2 aromatic carbocycles. The van der Waals surface area contributed by atoms with Crippen molar-refractivity contribution in [1.82, 2.24) is 19.9 Å². The molecule has 36 heavy (non-hydrogen) atoms. The first-order valence-electron chi connectivity index (χ1n) is 11.5. The summed E-state index contributed by atoms with van der Waals surface area (Å²) in [5, 5.41) is 0.735. The highest BCUT2D eigenvalue weighted by molar-refractivity contribution is 7.22. The van der Waals surface area contributed by atoms with Crippen LogP contribution in [0.3, 0.4) is 0 Å². The van der Waals surface area contributed by atoms with Crippen molar-refractivity contribution in [3.63, 3.8) is 0 Å². The van der Waals surface area contributed by atoms with Crippen LogP contribution in [0.2, 0.25) is 5.02 Å². The molecule has 2 aliphatic heterocycles. The maximum Gasteiger partial charge on any atom is 0.318 e. The summed E-state index contributed by atoms with van der Waals surface area (Å²) in [5.74, 6) is -0.669. The highest BCUT2D eigenvalue weighted by Gasteiger charge is 2.29. The van der Waals surface area contributed by atoms with Crippen LogP contribution < -0.4 is 21.1 Å². The number of halogens is 3. The molecule has 0 aliphatic carbocycles. The SMILES string of the molecule is CN1CCCC1.COc1nc(N2CC(N)C2)c2cc(Cl)c(-c3ccc(F)c4sc(N)nc34)c(F)c2n1. The molecule has 4 aromatic rings. The Labute approximate surface area is 215 Å². The zero-order valence-corrected chi connectivity index (χ0v) is 21.5. The molecule has 0 radical (unpaired) electrons. The molecule has 2 aliphatic rings. The second-order valence-electron chi connectivity index (χ2n) is 8.98. The third-order valence-electron chi connectivity index (χ3n) is 6.35. The Morgan fingerprint density at radius 3 is 2.44 bits per heavy atom. The number of methoxy groups -OCH3 is 1. The van der Waals surface area contributed by atoms with Gasteiger partial charge in [0.25, 0.3) is 0 Å². The molecule has 0 saturated carbocycles. The molecule has 0 atom stereocenters. The van der Waals surface area contributed by atoms with Crippen LogP contribution in [-0.2, 0) is 0 Å². The molecule has 2 saturated heterocycles. The van der Waals surface area contributed by atoms with E-state index in [0.29, 0.717) is 29.9 Å². The second kappa shape index (κ2) is 9.89. The summed E-state index contributed by atoms with van der Waals surface area (Å²) in [6.45, 7) is 3.79. The lowest BCUT2D eigenvalue weighted by Crippen LogP contribution is -2.56. The van der Waals surface area contributed by atoms with Crippen molar-refractivity contribution in [2.75, 3.05) is 51.0 Å². The van der Waals surface area contributed by atoms with Crippen LogP contribution in [0.25, 0.3) is 32.2 Å². The van der Waals surface area contributed by atoms with Crippen molar-refractivity contribution in [3.8, 4) is 17.1 Å². The number of nitrogens with two attached hydrogens (primary N) is 2. The Balaban J connectivity index is 0.000000391. The lowest BCUT2D eigenvalue weighted by molar-refractivity contribution is 0.380. The third kappa shape index (κ3) is 4.52. The van der Waals surface area contributed by atoms with Gasteiger partial charge in [0, 0.05) is 35.6 Å². The molecule has 8 nitrogen and oxygen atoms in total. The fourth-order valence-corrected chi connectivity index (χ4v) is 5.55. The standard InChI is InChI=1S/C19H15ClF2N6OS.C5H11N/c1-29-19-26-14-9(17(27-19)28-5-7(23)6-28)4-10(20)12(13(14)22)8-2-3-11(21)16-15(8)25-18(24)30-16;1-6-4-2-3-5-6/h2-4,7H,5-6,23H2,1H3,(H2,24,25);2-5H2,1H3. The largest absolute Gasteiger partial charge is 0.467 e. The molecule has 0 spiro atoms. The minimum absolute atomic E-state index is 0.0169. The number of aromatic nitrogens is 3. The predicted octanol–water partition coefficient (Wildman–Crippen LogP) is 4.29. The quantitative estimate of drug-likeness (QED) is 0.402. The Bertz CT molecular complexity index is 1440. The van der Waals surface area contributed by atoms with Gasteiger partial charge in [-0.25, -0.2) is 13.8 Å². The van der Waals surface area contributed by atoms with E-state index in [9.17, 15) is 4.39 Å². The fraction of sp³-hybridized carbons (Fsp3) is 0.375. The van der Waals surface area contributed by atoms with Crippen LogP contribution in [-0.4, -0.2) is 66.2 Å². The molecule has 12 heteroatoms. The average molecular weight is 534 g/mol. The van der Waals surface area contributed by atoms with E-state index in [4.69, 9.17) is 27.8 Å². The number of nitrogen functional groups attached to an aromatic ring is 1. The van der Waals surface area contributed by atoms with Gasteiger partial charge in [-0.15, -0.1) is 0 Å². The van der Waals surface area contributed by atoms with Crippen molar-refractivity contribution in [2.45, 2.75) is 18.9 Å². The number of hydrogen-bond donors (Lipinski definition) is 2. The minimum atomic E-state index is -0.677. The number of thiazole rings is 1. The van der Waals surface area contributed by atoms with Gasteiger partial charge in [-0.1, -0.05) is 22.9 Å². The highest BCUT2D eigenvalue weighted by atomic mass is 35.5. The smallest absolute Gasteiger partial charge is 0.318 e. The molecule has 4 N–H and O–H groups in total. The van der Waals surface area contributed by atoms with Gasteiger partial charge in [0.2, 0.25) is 0 Å². The van der Waals surface area contributed by atoms with Crippen molar-refractivity contribution >= 4 is 55.0 Å². The molecule has 6 rings (SSSR count). The molecule has 0 amide bonds. The zero-order chi connectivity index (χ0) is 25.6. The van der Waals surface area contributed by atoms with E-state index in [-0.39, 0.29) is 43.5 Å². The van der Waals surface area contributed by atoms with Crippen LogP contribution in [0.1, 0.15) is 12.8 Å². The Hall–Kier alpha value is -2.86. The summed E-state index contributed by atoms with van der Waals surface area (Å²) in [6, 6.07) is 4.30. The maximum absolute atomic E-state index is 15.8. The number of anilines is 2. The van der Waals surface area contributed by atoms with Crippen LogP contribution in [0.5, 0.6) is 6.01 Å². The van der Waals surface area contributed by atoms with Crippen molar-refractivity contribution in [2.24, 2.45) is 5.73 Å². The molecule has 2 fully saturated rings. The first-order chi connectivity index (χ1) is 17.3. The molecule has 0 bridgehead atoms. The number of rotatable bonds is 3. The number of ether oxygens (including phenoxy) is 1. The molecule has 190 valence electrons.